The van der Waals surface area contributed by atoms with Crippen molar-refractivity contribution in [3.63, 3.8) is 0 Å². The molecule has 1 saturated heterocycles. The Bertz CT molecular complexity index is 573. The Balaban J connectivity index is 1.57. The van der Waals surface area contributed by atoms with E-state index in [0.29, 0.717) is 0 Å². The maximum atomic E-state index is 4.77. The van der Waals surface area contributed by atoms with Crippen LogP contribution in [-0.4, -0.2) is 34.5 Å². The first kappa shape index (κ1) is 13.5. The summed E-state index contributed by atoms with van der Waals surface area (Å²) in [5.74, 6) is 0. The molecule has 2 aromatic rings. The minimum Gasteiger partial charge on any atom is -0.303 e. The minimum atomic E-state index is 1.01. The summed E-state index contributed by atoms with van der Waals surface area (Å²) in [7, 11) is 0. The van der Waals surface area contributed by atoms with Gasteiger partial charge in [0.2, 0.25) is 0 Å². The quantitative estimate of drug-likeness (QED) is 0.779. The van der Waals surface area contributed by atoms with Gasteiger partial charge >= 0.3 is 0 Å². The Hall–Kier alpha value is -1.48. The topological polar surface area (TPSA) is 29.0 Å². The molecule has 20 heavy (non-hydrogen) atoms. The molecule has 0 bridgehead atoms. The first-order valence-electron chi connectivity index (χ1n) is 7.77. The number of fused-ring (bicyclic) bond motifs is 1. The van der Waals surface area contributed by atoms with E-state index in [9.17, 15) is 0 Å². The van der Waals surface area contributed by atoms with Gasteiger partial charge in [-0.3, -0.25) is 0 Å². The summed E-state index contributed by atoms with van der Waals surface area (Å²) in [5.41, 5.74) is 4.29. The molecule has 0 amide bonds. The highest BCUT2D eigenvalue weighted by atomic mass is 15.1. The fraction of sp³-hybridized carbons (Fsp3) is 0.529. The lowest BCUT2D eigenvalue weighted by Gasteiger charge is -2.14. The molecule has 0 aliphatic carbocycles. The van der Waals surface area contributed by atoms with Crippen LogP contribution in [0.4, 0.5) is 0 Å². The van der Waals surface area contributed by atoms with Crippen LogP contribution < -0.4 is 0 Å². The second-order valence-electron chi connectivity index (χ2n) is 5.75. The van der Waals surface area contributed by atoms with Gasteiger partial charge in [-0.1, -0.05) is 12.1 Å². The summed E-state index contributed by atoms with van der Waals surface area (Å²) in [6, 6.07) is 8.14. The van der Waals surface area contributed by atoms with E-state index >= 15 is 0 Å². The van der Waals surface area contributed by atoms with Gasteiger partial charge in [0.25, 0.3) is 0 Å². The van der Waals surface area contributed by atoms with Crippen LogP contribution in [0.15, 0.2) is 24.3 Å². The summed E-state index contributed by atoms with van der Waals surface area (Å²) in [6.07, 6.45) is 6.31. The van der Waals surface area contributed by atoms with Gasteiger partial charge in [-0.2, -0.15) is 0 Å². The smallest absolute Gasteiger partial charge is 0.0890 e. The molecule has 1 aliphatic rings. The minimum absolute atomic E-state index is 1.01. The lowest BCUT2D eigenvalue weighted by atomic mass is 10.1. The van der Waals surface area contributed by atoms with Crippen LogP contribution in [0, 0.1) is 6.92 Å². The molecule has 0 saturated carbocycles. The SMILES string of the molecule is Cc1nc2ccccc2nc1CCCCN1CCCC1. The van der Waals surface area contributed by atoms with E-state index in [1.165, 1.54) is 51.0 Å². The molecule has 0 N–H and O–H groups in total. The lowest BCUT2D eigenvalue weighted by Crippen LogP contribution is -2.20. The molecule has 3 rings (SSSR count). The summed E-state index contributed by atoms with van der Waals surface area (Å²) in [5, 5.41) is 0. The zero-order valence-electron chi connectivity index (χ0n) is 12.3. The molecule has 0 unspecified atom stereocenters. The standard InChI is InChI=1S/C17H23N3/c1-14-15(8-4-5-11-20-12-6-7-13-20)19-17-10-3-2-9-16(17)18-14/h2-3,9-10H,4-8,11-13H2,1H3. The summed E-state index contributed by atoms with van der Waals surface area (Å²) in [6.45, 7) is 5.93. The fourth-order valence-corrected chi connectivity index (χ4v) is 3.00. The Morgan fingerprint density at radius 3 is 2.45 bits per heavy atom. The zero-order chi connectivity index (χ0) is 13.8. The molecule has 3 nitrogen and oxygen atoms in total. The number of hydrogen-bond acceptors (Lipinski definition) is 3. The second kappa shape index (κ2) is 6.31. The summed E-state index contributed by atoms with van der Waals surface area (Å²) < 4.78 is 0. The van der Waals surface area contributed by atoms with Gasteiger partial charge < -0.3 is 4.90 Å². The first-order valence-corrected chi connectivity index (χ1v) is 7.77. The number of likely N-dealkylation sites (tertiary alicyclic amines) is 1. The monoisotopic (exact) mass is 269 g/mol. The third-order valence-electron chi connectivity index (χ3n) is 4.18. The normalized spacial score (nSPS) is 16.1. The van der Waals surface area contributed by atoms with Crippen LogP contribution >= 0.6 is 0 Å². The molecule has 0 atom stereocenters. The second-order valence-corrected chi connectivity index (χ2v) is 5.75. The molecule has 3 heteroatoms. The average Bonchev–Trinajstić information content (AvgIpc) is 2.97. The molecule has 1 aromatic heterocycles. The number of unbranched alkanes of at least 4 members (excludes halogenated alkanes) is 1. The van der Waals surface area contributed by atoms with Crippen molar-refractivity contribution < 1.29 is 0 Å². The Labute approximate surface area is 121 Å². The van der Waals surface area contributed by atoms with Gasteiger partial charge in [0.1, 0.15) is 0 Å². The van der Waals surface area contributed by atoms with E-state index in [0.717, 1.165) is 23.1 Å². The van der Waals surface area contributed by atoms with E-state index in [4.69, 9.17) is 4.98 Å². The third-order valence-corrected chi connectivity index (χ3v) is 4.18. The maximum Gasteiger partial charge on any atom is 0.0890 e. The number of nitrogens with zero attached hydrogens (tertiary/aromatic N) is 3. The molecule has 1 aromatic carbocycles. The van der Waals surface area contributed by atoms with Crippen LogP contribution in [0.2, 0.25) is 0 Å². The number of rotatable bonds is 5. The Morgan fingerprint density at radius 1 is 1.00 bits per heavy atom. The molecule has 106 valence electrons. The van der Waals surface area contributed by atoms with Crippen molar-refractivity contribution in [3.05, 3.63) is 35.7 Å². The average molecular weight is 269 g/mol. The number of hydrogen-bond donors (Lipinski definition) is 0. The molecular formula is C17H23N3. The van der Waals surface area contributed by atoms with Crippen molar-refractivity contribution in [1.29, 1.82) is 0 Å². The number of aryl methyl sites for hydroxylation is 2. The Kier molecular flexibility index (Phi) is 4.26. The van der Waals surface area contributed by atoms with E-state index in [-0.39, 0.29) is 0 Å². The van der Waals surface area contributed by atoms with Gasteiger partial charge in [-0.05, 0) is 70.8 Å². The predicted molar refractivity (Wildman–Crippen MR) is 82.9 cm³/mol. The van der Waals surface area contributed by atoms with Gasteiger partial charge in [0, 0.05) is 0 Å². The van der Waals surface area contributed by atoms with Crippen LogP contribution in [0.1, 0.15) is 37.1 Å². The summed E-state index contributed by atoms with van der Waals surface area (Å²) in [4.78, 5) is 12.0. The number of para-hydroxylation sites is 2. The fourth-order valence-electron chi connectivity index (χ4n) is 3.00. The Morgan fingerprint density at radius 2 is 1.70 bits per heavy atom. The van der Waals surface area contributed by atoms with Crippen molar-refractivity contribution in [2.75, 3.05) is 19.6 Å². The predicted octanol–water partition coefficient (Wildman–Crippen LogP) is 3.36. The molecule has 0 spiro atoms. The first-order chi connectivity index (χ1) is 9.83. The number of benzene rings is 1. The van der Waals surface area contributed by atoms with Crippen LogP contribution in [0.5, 0.6) is 0 Å². The largest absolute Gasteiger partial charge is 0.303 e. The highest BCUT2D eigenvalue weighted by molar-refractivity contribution is 5.74. The highest BCUT2D eigenvalue weighted by Gasteiger charge is 2.10. The van der Waals surface area contributed by atoms with Crippen molar-refractivity contribution in [3.8, 4) is 0 Å². The van der Waals surface area contributed by atoms with E-state index in [2.05, 4.69) is 22.9 Å². The van der Waals surface area contributed by atoms with Crippen molar-refractivity contribution >= 4 is 11.0 Å². The molecule has 1 aliphatic heterocycles. The molecule has 1 fully saturated rings. The number of aromatic nitrogens is 2. The van der Waals surface area contributed by atoms with Crippen LogP contribution in [0.25, 0.3) is 11.0 Å². The van der Waals surface area contributed by atoms with Gasteiger partial charge in [0.15, 0.2) is 0 Å². The lowest BCUT2D eigenvalue weighted by molar-refractivity contribution is 0.330. The van der Waals surface area contributed by atoms with Gasteiger partial charge in [-0.15, -0.1) is 0 Å². The van der Waals surface area contributed by atoms with Gasteiger partial charge in [0.05, 0.1) is 22.4 Å². The van der Waals surface area contributed by atoms with Gasteiger partial charge in [-0.25, -0.2) is 9.97 Å². The maximum absolute atomic E-state index is 4.77. The van der Waals surface area contributed by atoms with Crippen LogP contribution in [0.3, 0.4) is 0 Å². The van der Waals surface area contributed by atoms with Crippen molar-refractivity contribution in [2.45, 2.75) is 39.0 Å². The summed E-state index contributed by atoms with van der Waals surface area (Å²) >= 11 is 0. The van der Waals surface area contributed by atoms with Crippen molar-refractivity contribution in [2.24, 2.45) is 0 Å². The molecular weight excluding hydrogens is 246 g/mol. The molecule has 0 radical (unpaired) electrons. The zero-order valence-corrected chi connectivity index (χ0v) is 12.3. The van der Waals surface area contributed by atoms with Crippen molar-refractivity contribution in [1.82, 2.24) is 14.9 Å². The van der Waals surface area contributed by atoms with E-state index < -0.39 is 0 Å². The third kappa shape index (κ3) is 3.15. The molecule has 2 heterocycles. The van der Waals surface area contributed by atoms with Crippen LogP contribution in [-0.2, 0) is 6.42 Å². The van der Waals surface area contributed by atoms with E-state index in [1.54, 1.807) is 0 Å². The van der Waals surface area contributed by atoms with E-state index in [1.807, 2.05) is 18.2 Å². The highest BCUT2D eigenvalue weighted by Crippen LogP contribution is 2.15.